The van der Waals surface area contributed by atoms with Gasteiger partial charge in [0.15, 0.2) is 0 Å². The fourth-order valence-electron chi connectivity index (χ4n) is 4.49. The Morgan fingerprint density at radius 2 is 1.68 bits per heavy atom. The Morgan fingerprint density at radius 3 is 2.35 bits per heavy atom. The molecule has 2 aromatic carbocycles. The molecule has 31 heavy (non-hydrogen) atoms. The van der Waals surface area contributed by atoms with Crippen molar-refractivity contribution in [3.8, 4) is 6.07 Å². The van der Waals surface area contributed by atoms with Crippen LogP contribution in [0.15, 0.2) is 51.1 Å². The average molecular weight is 456 g/mol. The van der Waals surface area contributed by atoms with E-state index in [0.717, 1.165) is 42.0 Å². The lowest BCUT2D eigenvalue weighted by Gasteiger charge is -2.36. The third-order valence-corrected chi connectivity index (χ3v) is 9.64. The Kier molecular flexibility index (Phi) is 6.73. The van der Waals surface area contributed by atoms with Crippen molar-refractivity contribution in [2.45, 2.75) is 60.3 Å². The molecular weight excluding hydrogens is 426 g/mol. The predicted octanol–water partition coefficient (Wildman–Crippen LogP) is 4.58. The van der Waals surface area contributed by atoms with Crippen molar-refractivity contribution in [2.24, 2.45) is 0 Å². The topological polar surface area (TPSA) is 64.4 Å². The highest BCUT2D eigenvalue weighted by atomic mass is 32.2. The number of piperidine rings is 1. The third kappa shape index (κ3) is 4.83. The summed E-state index contributed by atoms with van der Waals surface area (Å²) in [5, 5.41) is 9.38. The van der Waals surface area contributed by atoms with Crippen LogP contribution in [0.3, 0.4) is 0 Å². The second-order valence-corrected chi connectivity index (χ2v) is 11.5. The van der Waals surface area contributed by atoms with Crippen molar-refractivity contribution in [1.82, 2.24) is 9.21 Å². The van der Waals surface area contributed by atoms with Crippen molar-refractivity contribution in [3.05, 3.63) is 53.1 Å². The first-order chi connectivity index (χ1) is 14.9. The van der Waals surface area contributed by atoms with E-state index in [9.17, 15) is 13.7 Å². The summed E-state index contributed by atoms with van der Waals surface area (Å²) in [5.41, 5.74) is 2.61. The fraction of sp³-hybridized carbons (Fsp3) is 0.458. The standard InChI is InChI=1S/C24H29N3O2S2/c1-18-5-6-19(2)23(15-18)30-22-8-7-20(17-25)16-24(22)31(28,29)27-13-9-21(10-14-27)26-11-3-4-12-26/h5-8,15-16,21H,3-4,9-14H2,1-2H3. The van der Waals surface area contributed by atoms with Gasteiger partial charge in [-0.05, 0) is 88.0 Å². The largest absolute Gasteiger partial charge is 0.300 e. The summed E-state index contributed by atoms with van der Waals surface area (Å²) >= 11 is 1.46. The van der Waals surface area contributed by atoms with Gasteiger partial charge in [-0.3, -0.25) is 0 Å². The summed E-state index contributed by atoms with van der Waals surface area (Å²) in [5.74, 6) is 0. The maximum atomic E-state index is 13.6. The molecule has 0 bridgehead atoms. The van der Waals surface area contributed by atoms with Gasteiger partial charge in [-0.25, -0.2) is 8.42 Å². The molecule has 0 aliphatic carbocycles. The molecule has 2 aromatic rings. The van der Waals surface area contributed by atoms with Crippen LogP contribution in [0.5, 0.6) is 0 Å². The minimum absolute atomic E-state index is 0.247. The molecule has 0 saturated carbocycles. The fourth-order valence-corrected chi connectivity index (χ4v) is 7.51. The maximum Gasteiger partial charge on any atom is 0.244 e. The number of aryl methyl sites for hydroxylation is 2. The van der Waals surface area contributed by atoms with Crippen LogP contribution in [0.1, 0.15) is 42.4 Å². The van der Waals surface area contributed by atoms with E-state index in [4.69, 9.17) is 0 Å². The van der Waals surface area contributed by atoms with Crippen LogP contribution in [0, 0.1) is 25.2 Å². The minimum Gasteiger partial charge on any atom is -0.300 e. The average Bonchev–Trinajstić information content (AvgIpc) is 3.31. The van der Waals surface area contributed by atoms with E-state index in [1.54, 1.807) is 16.4 Å². The zero-order valence-corrected chi connectivity index (χ0v) is 19.8. The molecule has 0 N–H and O–H groups in total. The highest BCUT2D eigenvalue weighted by Crippen LogP contribution is 2.37. The summed E-state index contributed by atoms with van der Waals surface area (Å²) < 4.78 is 28.9. The van der Waals surface area contributed by atoms with Crippen LogP contribution in [0.25, 0.3) is 0 Å². The van der Waals surface area contributed by atoms with Crippen molar-refractivity contribution < 1.29 is 8.42 Å². The number of nitriles is 1. The van der Waals surface area contributed by atoms with Gasteiger partial charge in [-0.15, -0.1) is 0 Å². The van der Waals surface area contributed by atoms with E-state index in [2.05, 4.69) is 29.2 Å². The Labute approximate surface area is 190 Å². The highest BCUT2D eigenvalue weighted by Gasteiger charge is 2.34. The molecule has 0 amide bonds. The van der Waals surface area contributed by atoms with Crippen molar-refractivity contribution in [3.63, 3.8) is 0 Å². The summed E-state index contributed by atoms with van der Waals surface area (Å²) in [6.07, 6.45) is 4.24. The second-order valence-electron chi connectivity index (χ2n) is 8.52. The maximum absolute atomic E-state index is 13.6. The second kappa shape index (κ2) is 9.33. The zero-order chi connectivity index (χ0) is 22.0. The molecule has 0 atom stereocenters. The van der Waals surface area contributed by atoms with E-state index < -0.39 is 10.0 Å². The third-order valence-electron chi connectivity index (χ3n) is 6.33. The molecule has 2 aliphatic heterocycles. The Morgan fingerprint density at radius 1 is 0.968 bits per heavy atom. The van der Waals surface area contributed by atoms with Crippen LogP contribution in [-0.4, -0.2) is 49.8 Å². The van der Waals surface area contributed by atoms with E-state index in [1.165, 1.54) is 30.7 Å². The Hall–Kier alpha value is -1.85. The van der Waals surface area contributed by atoms with E-state index in [-0.39, 0.29) is 4.90 Å². The van der Waals surface area contributed by atoms with Gasteiger partial charge in [-0.1, -0.05) is 23.9 Å². The normalized spacial score (nSPS) is 18.9. The number of benzene rings is 2. The lowest BCUT2D eigenvalue weighted by atomic mass is 10.1. The van der Waals surface area contributed by atoms with Gasteiger partial charge in [0.25, 0.3) is 0 Å². The van der Waals surface area contributed by atoms with Crippen LogP contribution in [0.2, 0.25) is 0 Å². The van der Waals surface area contributed by atoms with E-state index in [1.807, 2.05) is 13.8 Å². The van der Waals surface area contributed by atoms with Gasteiger partial charge in [-0.2, -0.15) is 9.57 Å². The number of likely N-dealkylation sites (tertiary alicyclic amines) is 1. The Balaban J connectivity index is 1.61. The van der Waals surface area contributed by atoms with Crippen LogP contribution in [-0.2, 0) is 10.0 Å². The van der Waals surface area contributed by atoms with E-state index in [0.29, 0.717) is 29.6 Å². The molecule has 164 valence electrons. The van der Waals surface area contributed by atoms with Gasteiger partial charge < -0.3 is 4.90 Å². The summed E-state index contributed by atoms with van der Waals surface area (Å²) in [7, 11) is -3.67. The summed E-state index contributed by atoms with van der Waals surface area (Å²) in [6, 6.07) is 13.8. The molecule has 0 spiro atoms. The number of hydrogen-bond acceptors (Lipinski definition) is 5. The number of hydrogen-bond donors (Lipinski definition) is 0. The number of sulfonamides is 1. The molecule has 7 heteroatoms. The first-order valence-corrected chi connectivity index (χ1v) is 13.2. The molecular formula is C24H29N3O2S2. The van der Waals surface area contributed by atoms with Gasteiger partial charge >= 0.3 is 0 Å². The van der Waals surface area contributed by atoms with E-state index >= 15 is 0 Å². The lowest BCUT2D eigenvalue weighted by Crippen LogP contribution is -2.45. The SMILES string of the molecule is Cc1ccc(C)c(Sc2ccc(C#N)cc2S(=O)(=O)N2CCC(N3CCCC3)CC2)c1. The van der Waals surface area contributed by atoms with Gasteiger partial charge in [0, 0.05) is 28.9 Å². The molecule has 0 radical (unpaired) electrons. The molecule has 0 unspecified atom stereocenters. The van der Waals surface area contributed by atoms with Gasteiger partial charge in [0.05, 0.1) is 16.5 Å². The van der Waals surface area contributed by atoms with Crippen LogP contribution >= 0.6 is 11.8 Å². The van der Waals surface area contributed by atoms with Crippen molar-refractivity contribution in [2.75, 3.05) is 26.2 Å². The molecule has 2 saturated heterocycles. The molecule has 2 fully saturated rings. The first-order valence-electron chi connectivity index (χ1n) is 10.9. The smallest absolute Gasteiger partial charge is 0.244 e. The molecule has 0 aromatic heterocycles. The van der Waals surface area contributed by atoms with Gasteiger partial charge in [0.1, 0.15) is 0 Å². The lowest BCUT2D eigenvalue weighted by molar-refractivity contribution is 0.167. The number of nitrogens with zero attached hydrogens (tertiary/aromatic N) is 3. The summed E-state index contributed by atoms with van der Waals surface area (Å²) in [6.45, 7) is 7.41. The van der Waals surface area contributed by atoms with Crippen molar-refractivity contribution >= 4 is 21.8 Å². The zero-order valence-electron chi connectivity index (χ0n) is 18.2. The monoisotopic (exact) mass is 455 g/mol. The first kappa shape index (κ1) is 22.3. The minimum atomic E-state index is -3.67. The molecule has 5 nitrogen and oxygen atoms in total. The van der Waals surface area contributed by atoms with Crippen molar-refractivity contribution in [1.29, 1.82) is 5.26 Å². The predicted molar refractivity (Wildman–Crippen MR) is 124 cm³/mol. The van der Waals surface area contributed by atoms with Crippen LogP contribution in [0.4, 0.5) is 0 Å². The van der Waals surface area contributed by atoms with Crippen LogP contribution < -0.4 is 0 Å². The highest BCUT2D eigenvalue weighted by molar-refractivity contribution is 8.00. The molecule has 2 aliphatic rings. The number of rotatable bonds is 5. The van der Waals surface area contributed by atoms with Gasteiger partial charge in [0.2, 0.25) is 10.0 Å². The molecule has 4 rings (SSSR count). The Bertz CT molecular complexity index is 1090. The molecule has 2 heterocycles. The summed E-state index contributed by atoms with van der Waals surface area (Å²) in [4.78, 5) is 4.47. The quantitative estimate of drug-likeness (QED) is 0.661.